The number of nitrogens with zero attached hydrogens (tertiary/aromatic N) is 2. The Kier molecular flexibility index (Phi) is 6.20. The molecule has 0 aliphatic rings. The number of ether oxygens (including phenoxy) is 1. The highest BCUT2D eigenvalue weighted by Crippen LogP contribution is 2.26. The number of anilines is 1. The van der Waals surface area contributed by atoms with Gasteiger partial charge in [0, 0.05) is 12.6 Å². The molecule has 7 heteroatoms. The van der Waals surface area contributed by atoms with E-state index in [0.717, 1.165) is 13.1 Å². The number of hydrogen-bond acceptors (Lipinski definition) is 6. The fourth-order valence-corrected chi connectivity index (χ4v) is 1.78. The summed E-state index contributed by atoms with van der Waals surface area (Å²) in [6.45, 7) is 6.23. The Morgan fingerprint density at radius 1 is 1.45 bits per heavy atom. The number of benzene rings is 1. The summed E-state index contributed by atoms with van der Waals surface area (Å²) in [4.78, 5) is 12.2. The first-order valence-electron chi connectivity index (χ1n) is 6.55. The molecule has 0 aromatic heterocycles. The van der Waals surface area contributed by atoms with E-state index < -0.39 is 11.0 Å². The second kappa shape index (κ2) is 7.66. The highest BCUT2D eigenvalue weighted by Gasteiger charge is 2.13. The molecule has 0 spiro atoms. The number of likely N-dealkylation sites (N-methyl/N-ethyl adjacent to an activating group) is 1. The summed E-state index contributed by atoms with van der Waals surface area (Å²) in [6.07, 6.45) is -0.673. The van der Waals surface area contributed by atoms with Crippen LogP contribution in [0, 0.1) is 10.1 Å². The molecule has 112 valence electrons. The minimum absolute atomic E-state index is 0.0435. The van der Waals surface area contributed by atoms with Gasteiger partial charge in [0.15, 0.2) is 0 Å². The van der Waals surface area contributed by atoms with Gasteiger partial charge in [-0.15, -0.1) is 0 Å². The molecular weight excluding hydrogens is 262 g/mol. The van der Waals surface area contributed by atoms with Gasteiger partial charge in [-0.3, -0.25) is 10.1 Å². The van der Waals surface area contributed by atoms with Crippen LogP contribution >= 0.6 is 0 Å². The van der Waals surface area contributed by atoms with Crippen molar-refractivity contribution in [3.05, 3.63) is 28.3 Å². The number of nitro groups is 1. The first kappa shape index (κ1) is 16.2. The van der Waals surface area contributed by atoms with Crippen molar-refractivity contribution < 1.29 is 14.8 Å². The molecule has 0 aliphatic carbocycles. The van der Waals surface area contributed by atoms with Crippen LogP contribution in [0.5, 0.6) is 5.75 Å². The molecule has 1 aromatic rings. The van der Waals surface area contributed by atoms with E-state index in [1.807, 2.05) is 13.8 Å². The number of nitro benzene ring substituents is 1. The van der Waals surface area contributed by atoms with Crippen molar-refractivity contribution in [1.82, 2.24) is 4.90 Å². The SMILES string of the molecule is CCN(CC)C[C@H](O)COc1cc([N+](=O)[O-])ccc1N. The van der Waals surface area contributed by atoms with Gasteiger partial charge in [-0.05, 0) is 19.2 Å². The molecule has 0 aliphatic heterocycles. The molecule has 20 heavy (non-hydrogen) atoms. The van der Waals surface area contributed by atoms with Gasteiger partial charge in [-0.1, -0.05) is 13.8 Å². The lowest BCUT2D eigenvalue weighted by Crippen LogP contribution is -2.35. The van der Waals surface area contributed by atoms with Crippen molar-refractivity contribution in [2.45, 2.75) is 20.0 Å². The molecule has 0 bridgehead atoms. The van der Waals surface area contributed by atoms with Gasteiger partial charge in [-0.2, -0.15) is 0 Å². The molecule has 0 unspecified atom stereocenters. The predicted molar refractivity (Wildman–Crippen MR) is 76.8 cm³/mol. The zero-order valence-electron chi connectivity index (χ0n) is 11.8. The van der Waals surface area contributed by atoms with Crippen molar-refractivity contribution in [2.24, 2.45) is 0 Å². The van der Waals surface area contributed by atoms with E-state index in [1.165, 1.54) is 18.2 Å². The molecule has 0 amide bonds. The van der Waals surface area contributed by atoms with Gasteiger partial charge in [0.05, 0.1) is 16.7 Å². The van der Waals surface area contributed by atoms with Crippen LogP contribution in [0.1, 0.15) is 13.8 Å². The monoisotopic (exact) mass is 283 g/mol. The van der Waals surface area contributed by atoms with E-state index in [2.05, 4.69) is 4.90 Å². The van der Waals surface area contributed by atoms with Crippen LogP contribution < -0.4 is 10.5 Å². The van der Waals surface area contributed by atoms with Crippen LogP contribution in [0.2, 0.25) is 0 Å². The average Bonchev–Trinajstić information content (AvgIpc) is 2.43. The molecular formula is C13H21N3O4. The molecule has 3 N–H and O–H groups in total. The van der Waals surface area contributed by atoms with Crippen molar-refractivity contribution in [3.8, 4) is 5.75 Å². The molecule has 0 fully saturated rings. The Morgan fingerprint density at radius 2 is 2.10 bits per heavy atom. The highest BCUT2D eigenvalue weighted by atomic mass is 16.6. The minimum Gasteiger partial charge on any atom is -0.488 e. The summed E-state index contributed by atoms with van der Waals surface area (Å²) in [5.74, 6) is 0.220. The Morgan fingerprint density at radius 3 is 2.65 bits per heavy atom. The second-order valence-corrected chi connectivity index (χ2v) is 4.43. The van der Waals surface area contributed by atoms with Gasteiger partial charge in [-0.25, -0.2) is 0 Å². The highest BCUT2D eigenvalue weighted by molar-refractivity contribution is 5.57. The average molecular weight is 283 g/mol. The van der Waals surface area contributed by atoms with Crippen LogP contribution in [0.25, 0.3) is 0 Å². The van der Waals surface area contributed by atoms with Crippen molar-refractivity contribution in [2.75, 3.05) is 32.0 Å². The zero-order chi connectivity index (χ0) is 15.1. The number of non-ortho nitro benzene ring substituents is 1. The molecule has 0 radical (unpaired) electrons. The molecule has 0 saturated carbocycles. The van der Waals surface area contributed by atoms with Gasteiger partial charge < -0.3 is 20.5 Å². The Labute approximate surface area is 118 Å². The summed E-state index contributed by atoms with van der Waals surface area (Å²) in [7, 11) is 0. The second-order valence-electron chi connectivity index (χ2n) is 4.43. The lowest BCUT2D eigenvalue weighted by atomic mass is 10.2. The van der Waals surface area contributed by atoms with E-state index in [-0.39, 0.29) is 18.0 Å². The zero-order valence-corrected chi connectivity index (χ0v) is 11.8. The van der Waals surface area contributed by atoms with Crippen LogP contribution in [-0.4, -0.2) is 47.3 Å². The third-order valence-corrected chi connectivity index (χ3v) is 3.00. The van der Waals surface area contributed by atoms with Crippen molar-refractivity contribution >= 4 is 11.4 Å². The molecule has 1 atom stereocenters. The van der Waals surface area contributed by atoms with E-state index in [0.29, 0.717) is 12.2 Å². The van der Waals surface area contributed by atoms with Crippen LogP contribution in [0.3, 0.4) is 0 Å². The third-order valence-electron chi connectivity index (χ3n) is 3.00. The summed E-state index contributed by atoms with van der Waals surface area (Å²) in [6, 6.07) is 4.00. The number of aliphatic hydroxyl groups excluding tert-OH is 1. The Hall–Kier alpha value is -1.86. The minimum atomic E-state index is -0.673. The van der Waals surface area contributed by atoms with Crippen molar-refractivity contribution in [3.63, 3.8) is 0 Å². The molecule has 1 rings (SSSR count). The quantitative estimate of drug-likeness (QED) is 0.423. The lowest BCUT2D eigenvalue weighted by molar-refractivity contribution is -0.384. The van der Waals surface area contributed by atoms with Crippen LogP contribution in [0.15, 0.2) is 18.2 Å². The third kappa shape index (κ3) is 4.67. The standard InChI is InChI=1S/C13H21N3O4/c1-3-15(4-2)8-11(17)9-20-13-7-10(16(18)19)5-6-12(13)14/h5-7,11,17H,3-4,8-9,14H2,1-2H3/t11-/m0/s1. The first-order valence-corrected chi connectivity index (χ1v) is 6.55. The number of rotatable bonds is 8. The summed E-state index contributed by atoms with van der Waals surface area (Å²) in [5, 5.41) is 20.6. The number of nitrogen functional groups attached to an aromatic ring is 1. The van der Waals surface area contributed by atoms with E-state index in [9.17, 15) is 15.2 Å². The Bertz CT molecular complexity index is 449. The summed E-state index contributed by atoms with van der Waals surface area (Å²) < 4.78 is 5.37. The van der Waals surface area contributed by atoms with Crippen LogP contribution in [-0.2, 0) is 0 Å². The van der Waals surface area contributed by atoms with E-state index in [1.54, 1.807) is 0 Å². The van der Waals surface area contributed by atoms with Gasteiger partial charge in [0.1, 0.15) is 18.5 Å². The maximum atomic E-state index is 10.7. The molecule has 0 saturated heterocycles. The summed E-state index contributed by atoms with van der Waals surface area (Å²) >= 11 is 0. The fraction of sp³-hybridized carbons (Fsp3) is 0.538. The predicted octanol–water partition coefficient (Wildman–Crippen LogP) is 1.26. The molecule has 7 nitrogen and oxygen atoms in total. The maximum Gasteiger partial charge on any atom is 0.273 e. The van der Waals surface area contributed by atoms with E-state index >= 15 is 0 Å². The number of nitrogens with two attached hydrogens (primary N) is 1. The van der Waals surface area contributed by atoms with E-state index in [4.69, 9.17) is 10.5 Å². The van der Waals surface area contributed by atoms with Gasteiger partial charge >= 0.3 is 0 Å². The first-order chi connectivity index (χ1) is 9.47. The fourth-order valence-electron chi connectivity index (χ4n) is 1.78. The smallest absolute Gasteiger partial charge is 0.273 e. The largest absolute Gasteiger partial charge is 0.488 e. The maximum absolute atomic E-state index is 10.7. The topological polar surface area (TPSA) is 102 Å². The lowest BCUT2D eigenvalue weighted by Gasteiger charge is -2.22. The Balaban J connectivity index is 2.60. The van der Waals surface area contributed by atoms with Crippen LogP contribution in [0.4, 0.5) is 11.4 Å². The van der Waals surface area contributed by atoms with Gasteiger partial charge in [0.2, 0.25) is 0 Å². The number of hydrogen-bond donors (Lipinski definition) is 2. The molecule has 0 heterocycles. The molecule has 1 aromatic carbocycles. The van der Waals surface area contributed by atoms with Crippen molar-refractivity contribution in [1.29, 1.82) is 0 Å². The van der Waals surface area contributed by atoms with Gasteiger partial charge in [0.25, 0.3) is 5.69 Å². The summed E-state index contributed by atoms with van der Waals surface area (Å²) in [5.41, 5.74) is 5.91. The normalized spacial score (nSPS) is 12.4. The number of aliphatic hydroxyl groups is 1.